The van der Waals surface area contributed by atoms with Gasteiger partial charge in [0.15, 0.2) is 11.5 Å². The molecular formula is C23H19ClO4. The fourth-order valence-electron chi connectivity index (χ4n) is 3.19. The summed E-state index contributed by atoms with van der Waals surface area (Å²) in [6.45, 7) is 3.35. The highest BCUT2D eigenvalue weighted by Crippen LogP contribution is 2.38. The van der Waals surface area contributed by atoms with Gasteiger partial charge in [0.25, 0.3) is 0 Å². The van der Waals surface area contributed by atoms with E-state index in [1.165, 1.54) is 0 Å². The van der Waals surface area contributed by atoms with Crippen LogP contribution in [-0.2, 0) is 6.61 Å². The third-order valence-electron chi connectivity index (χ3n) is 4.65. The monoisotopic (exact) mass is 394 g/mol. The Labute approximate surface area is 168 Å². The van der Waals surface area contributed by atoms with Crippen molar-refractivity contribution in [2.24, 2.45) is 0 Å². The van der Waals surface area contributed by atoms with E-state index in [0.29, 0.717) is 30.4 Å². The van der Waals surface area contributed by atoms with Crippen molar-refractivity contribution in [3.63, 3.8) is 0 Å². The van der Waals surface area contributed by atoms with Crippen molar-refractivity contribution in [2.45, 2.75) is 13.5 Å². The lowest BCUT2D eigenvalue weighted by molar-refractivity contribution is 0.112. The summed E-state index contributed by atoms with van der Waals surface area (Å²) in [7, 11) is 0. The van der Waals surface area contributed by atoms with Crippen molar-refractivity contribution < 1.29 is 19.0 Å². The topological polar surface area (TPSA) is 44.8 Å². The highest BCUT2D eigenvalue weighted by molar-refractivity contribution is 6.34. The molecule has 28 heavy (non-hydrogen) atoms. The first-order valence-corrected chi connectivity index (χ1v) is 9.39. The Morgan fingerprint density at radius 1 is 1.04 bits per heavy atom. The van der Waals surface area contributed by atoms with E-state index in [0.717, 1.165) is 45.8 Å². The quantitative estimate of drug-likeness (QED) is 0.537. The van der Waals surface area contributed by atoms with Crippen LogP contribution in [0.5, 0.6) is 17.2 Å². The fourth-order valence-corrected chi connectivity index (χ4v) is 3.48. The number of carbonyl (C=O) groups excluding carboxylic acids is 1. The maximum Gasteiger partial charge on any atom is 0.161 e. The van der Waals surface area contributed by atoms with E-state index in [2.05, 4.69) is 0 Å². The normalized spacial score (nSPS) is 12.5. The molecule has 4 nitrogen and oxygen atoms in total. The fraction of sp³-hybridized carbons (Fsp3) is 0.174. The molecule has 0 fully saturated rings. The van der Waals surface area contributed by atoms with E-state index in [1.807, 2.05) is 43.3 Å². The average molecular weight is 395 g/mol. The molecule has 0 radical (unpaired) electrons. The van der Waals surface area contributed by atoms with Gasteiger partial charge in [-0.05, 0) is 48.4 Å². The molecule has 0 aliphatic carbocycles. The minimum absolute atomic E-state index is 0.332. The summed E-state index contributed by atoms with van der Waals surface area (Å²) >= 11 is 6.68. The minimum atomic E-state index is 0.332. The number of aldehydes is 1. The summed E-state index contributed by atoms with van der Waals surface area (Å²) in [6.07, 6.45) is 0.824. The summed E-state index contributed by atoms with van der Waals surface area (Å²) in [5.74, 6) is 2.21. The van der Waals surface area contributed by atoms with Gasteiger partial charge in [0.05, 0.1) is 5.02 Å². The first kappa shape index (κ1) is 18.4. The number of benzene rings is 3. The highest BCUT2D eigenvalue weighted by Gasteiger charge is 2.15. The van der Waals surface area contributed by atoms with Gasteiger partial charge >= 0.3 is 0 Å². The van der Waals surface area contributed by atoms with Gasteiger partial charge in [-0.1, -0.05) is 35.9 Å². The highest BCUT2D eigenvalue weighted by atomic mass is 35.5. The molecule has 0 N–H and O–H groups in total. The summed E-state index contributed by atoms with van der Waals surface area (Å²) < 4.78 is 17.2. The molecule has 3 aromatic carbocycles. The molecule has 3 aromatic rings. The predicted octanol–water partition coefficient (Wildman–Crippen LogP) is 5.48. The molecule has 142 valence electrons. The first-order chi connectivity index (χ1) is 13.7. The molecule has 4 rings (SSSR count). The molecular weight excluding hydrogens is 376 g/mol. The molecule has 1 aliphatic heterocycles. The number of hydrogen-bond donors (Lipinski definition) is 0. The van der Waals surface area contributed by atoms with Crippen LogP contribution in [-0.4, -0.2) is 19.5 Å². The standard InChI is InChI=1S/C23H19ClO4/c1-15-11-16(13-25)5-7-20(15)28-14-18-3-2-4-19(23(18)24)17-6-8-21-22(12-17)27-10-9-26-21/h2-8,11-13H,9-10,14H2,1H3. The van der Waals surface area contributed by atoms with Crippen molar-refractivity contribution in [3.05, 3.63) is 76.3 Å². The Bertz CT molecular complexity index is 1030. The molecule has 0 unspecified atom stereocenters. The van der Waals surface area contributed by atoms with Crippen LogP contribution in [0.2, 0.25) is 5.02 Å². The Morgan fingerprint density at radius 3 is 2.64 bits per heavy atom. The molecule has 5 heteroatoms. The third-order valence-corrected chi connectivity index (χ3v) is 5.10. The van der Waals surface area contributed by atoms with Crippen LogP contribution in [0.1, 0.15) is 21.5 Å². The number of halogens is 1. The van der Waals surface area contributed by atoms with Crippen LogP contribution in [0.25, 0.3) is 11.1 Å². The van der Waals surface area contributed by atoms with Crippen molar-refractivity contribution in [2.75, 3.05) is 13.2 Å². The zero-order chi connectivity index (χ0) is 19.5. The van der Waals surface area contributed by atoms with Crippen LogP contribution >= 0.6 is 11.6 Å². The van der Waals surface area contributed by atoms with E-state index in [9.17, 15) is 4.79 Å². The Hall–Kier alpha value is -2.98. The number of fused-ring (bicyclic) bond motifs is 1. The molecule has 0 saturated carbocycles. The first-order valence-electron chi connectivity index (χ1n) is 9.02. The number of hydrogen-bond acceptors (Lipinski definition) is 4. The van der Waals surface area contributed by atoms with E-state index in [-0.39, 0.29) is 0 Å². The Morgan fingerprint density at radius 2 is 1.86 bits per heavy atom. The van der Waals surface area contributed by atoms with Gasteiger partial charge in [0.1, 0.15) is 31.9 Å². The smallest absolute Gasteiger partial charge is 0.161 e. The van der Waals surface area contributed by atoms with Crippen molar-refractivity contribution in [3.8, 4) is 28.4 Å². The molecule has 0 bridgehead atoms. The lowest BCUT2D eigenvalue weighted by Gasteiger charge is -2.19. The van der Waals surface area contributed by atoms with Crippen LogP contribution in [0.3, 0.4) is 0 Å². The molecule has 0 atom stereocenters. The summed E-state index contributed by atoms with van der Waals surface area (Å²) in [4.78, 5) is 10.9. The number of aryl methyl sites for hydroxylation is 1. The Balaban J connectivity index is 1.58. The van der Waals surface area contributed by atoms with Gasteiger partial charge in [-0.15, -0.1) is 0 Å². The molecule has 0 aromatic heterocycles. The van der Waals surface area contributed by atoms with Gasteiger partial charge in [-0.25, -0.2) is 0 Å². The molecule has 1 heterocycles. The second-order valence-electron chi connectivity index (χ2n) is 6.57. The van der Waals surface area contributed by atoms with Crippen molar-refractivity contribution in [1.82, 2.24) is 0 Å². The minimum Gasteiger partial charge on any atom is -0.489 e. The van der Waals surface area contributed by atoms with Gasteiger partial charge in [0, 0.05) is 16.7 Å². The third kappa shape index (κ3) is 3.69. The second-order valence-corrected chi connectivity index (χ2v) is 6.95. The van der Waals surface area contributed by atoms with Crippen LogP contribution < -0.4 is 14.2 Å². The summed E-state index contributed by atoms with van der Waals surface area (Å²) in [5.41, 5.74) is 4.29. The van der Waals surface area contributed by atoms with E-state index < -0.39 is 0 Å². The summed E-state index contributed by atoms with van der Waals surface area (Å²) in [5, 5.41) is 0.640. The maximum absolute atomic E-state index is 10.9. The SMILES string of the molecule is Cc1cc(C=O)ccc1OCc1cccc(-c2ccc3c(c2)OCCO3)c1Cl. The lowest BCUT2D eigenvalue weighted by atomic mass is 10.0. The van der Waals surface area contributed by atoms with Gasteiger partial charge in [0.2, 0.25) is 0 Å². The molecule has 0 spiro atoms. The van der Waals surface area contributed by atoms with Gasteiger partial charge in [-0.3, -0.25) is 4.79 Å². The van der Waals surface area contributed by atoms with Gasteiger partial charge < -0.3 is 14.2 Å². The van der Waals surface area contributed by atoms with E-state index in [1.54, 1.807) is 18.2 Å². The van der Waals surface area contributed by atoms with Gasteiger partial charge in [-0.2, -0.15) is 0 Å². The van der Waals surface area contributed by atoms with Crippen LogP contribution in [0, 0.1) is 6.92 Å². The molecule has 0 amide bonds. The number of ether oxygens (including phenoxy) is 3. The predicted molar refractivity (Wildman–Crippen MR) is 109 cm³/mol. The molecule has 0 saturated heterocycles. The van der Waals surface area contributed by atoms with Crippen molar-refractivity contribution >= 4 is 17.9 Å². The molecule has 1 aliphatic rings. The van der Waals surface area contributed by atoms with Crippen molar-refractivity contribution in [1.29, 1.82) is 0 Å². The number of rotatable bonds is 5. The maximum atomic E-state index is 10.9. The zero-order valence-corrected chi connectivity index (χ0v) is 16.2. The average Bonchev–Trinajstić information content (AvgIpc) is 2.73. The number of carbonyl (C=O) groups is 1. The second kappa shape index (κ2) is 7.95. The summed E-state index contributed by atoms with van der Waals surface area (Å²) in [6, 6.07) is 17.0. The van der Waals surface area contributed by atoms with Crippen LogP contribution in [0.4, 0.5) is 0 Å². The van der Waals surface area contributed by atoms with E-state index in [4.69, 9.17) is 25.8 Å². The Kier molecular flexibility index (Phi) is 5.22. The van der Waals surface area contributed by atoms with E-state index >= 15 is 0 Å². The lowest BCUT2D eigenvalue weighted by Crippen LogP contribution is -2.15. The zero-order valence-electron chi connectivity index (χ0n) is 15.4. The van der Waals surface area contributed by atoms with Crippen LogP contribution in [0.15, 0.2) is 54.6 Å². The largest absolute Gasteiger partial charge is 0.489 e.